The highest BCUT2D eigenvalue weighted by molar-refractivity contribution is 7.07. The van der Waals surface area contributed by atoms with Gasteiger partial charge in [-0.1, -0.05) is 11.6 Å². The van der Waals surface area contributed by atoms with Crippen LogP contribution in [0.4, 0.5) is 17.3 Å². The van der Waals surface area contributed by atoms with E-state index in [0.29, 0.717) is 34.5 Å². The van der Waals surface area contributed by atoms with Crippen molar-refractivity contribution in [3.63, 3.8) is 0 Å². The number of thiophene rings is 1. The van der Waals surface area contributed by atoms with E-state index in [-0.39, 0.29) is 18.2 Å². The smallest absolute Gasteiger partial charge is 0.251 e. The van der Waals surface area contributed by atoms with Gasteiger partial charge in [-0.05, 0) is 64.9 Å². The first-order valence-electron chi connectivity index (χ1n) is 10.2. The summed E-state index contributed by atoms with van der Waals surface area (Å²) >= 11 is 7.70. The van der Waals surface area contributed by atoms with E-state index < -0.39 is 0 Å². The zero-order valence-electron chi connectivity index (χ0n) is 17.3. The van der Waals surface area contributed by atoms with Crippen molar-refractivity contribution < 1.29 is 9.59 Å². The Balaban J connectivity index is 1.34. The predicted octanol–water partition coefficient (Wildman–Crippen LogP) is 5.03. The second kappa shape index (κ2) is 9.01. The van der Waals surface area contributed by atoms with Crippen molar-refractivity contribution in [2.24, 2.45) is 0 Å². The maximum absolute atomic E-state index is 12.4. The minimum Gasteiger partial charge on any atom is -0.348 e. The molecule has 2 aromatic heterocycles. The van der Waals surface area contributed by atoms with E-state index in [4.69, 9.17) is 11.6 Å². The molecule has 0 spiro atoms. The van der Waals surface area contributed by atoms with Crippen LogP contribution in [-0.2, 0) is 17.8 Å². The summed E-state index contributed by atoms with van der Waals surface area (Å²) in [5.41, 5.74) is 5.18. The summed E-state index contributed by atoms with van der Waals surface area (Å²) in [6.07, 6.45) is 1.83. The lowest BCUT2D eigenvalue weighted by Crippen LogP contribution is -2.22. The number of carbonyl (C=O) groups excluding carboxylic acids is 2. The molecule has 0 atom stereocenters. The zero-order chi connectivity index (χ0) is 22.8. The Morgan fingerprint density at radius 1 is 1.15 bits per heavy atom. The third kappa shape index (κ3) is 4.72. The molecule has 3 N–H and O–H groups in total. The Morgan fingerprint density at radius 3 is 2.79 bits per heavy atom. The molecular weight excluding hydrogens is 458 g/mol. The first kappa shape index (κ1) is 21.1. The monoisotopic (exact) mass is 475 g/mol. The SMILES string of the molecule is O=C1Cc2cnc(Nc3ccc(C(=O)NCc4ccsc4)cc3)nc2-c2ccc(Cl)cc2N1. The lowest BCUT2D eigenvalue weighted by atomic mass is 10.1. The number of halogens is 1. The minimum absolute atomic E-state index is 0.138. The van der Waals surface area contributed by atoms with Crippen LogP contribution in [0.3, 0.4) is 0 Å². The molecule has 4 aromatic rings. The summed E-state index contributed by atoms with van der Waals surface area (Å²) in [5.74, 6) is 0.106. The molecule has 2 amide bonds. The molecule has 0 fully saturated rings. The van der Waals surface area contributed by atoms with Gasteiger partial charge in [-0.15, -0.1) is 0 Å². The van der Waals surface area contributed by atoms with Gasteiger partial charge in [-0.3, -0.25) is 9.59 Å². The van der Waals surface area contributed by atoms with Crippen molar-refractivity contribution in [1.29, 1.82) is 0 Å². The molecule has 1 aliphatic heterocycles. The fourth-order valence-corrected chi connectivity index (χ4v) is 4.38. The summed E-state index contributed by atoms with van der Waals surface area (Å²) in [6.45, 7) is 0.495. The maximum Gasteiger partial charge on any atom is 0.251 e. The first-order valence-corrected chi connectivity index (χ1v) is 11.5. The Morgan fingerprint density at radius 2 is 2.00 bits per heavy atom. The van der Waals surface area contributed by atoms with E-state index in [1.54, 1.807) is 53.9 Å². The molecule has 5 rings (SSSR count). The van der Waals surface area contributed by atoms with Crippen molar-refractivity contribution in [2.75, 3.05) is 10.6 Å². The highest BCUT2D eigenvalue weighted by Crippen LogP contribution is 2.34. The highest BCUT2D eigenvalue weighted by Gasteiger charge is 2.21. The third-order valence-electron chi connectivity index (χ3n) is 5.16. The fraction of sp³-hybridized carbons (Fsp3) is 0.0833. The average Bonchev–Trinajstić information content (AvgIpc) is 3.28. The Bertz CT molecular complexity index is 1340. The van der Waals surface area contributed by atoms with E-state index in [0.717, 1.165) is 22.4 Å². The summed E-state index contributed by atoms with van der Waals surface area (Å²) in [5, 5.41) is 13.5. The van der Waals surface area contributed by atoms with Gasteiger partial charge < -0.3 is 16.0 Å². The van der Waals surface area contributed by atoms with Gasteiger partial charge in [0.2, 0.25) is 11.9 Å². The molecule has 0 unspecified atom stereocenters. The van der Waals surface area contributed by atoms with Gasteiger partial charge in [0, 0.05) is 40.1 Å². The number of hydrogen-bond acceptors (Lipinski definition) is 6. The van der Waals surface area contributed by atoms with Gasteiger partial charge in [-0.2, -0.15) is 11.3 Å². The van der Waals surface area contributed by atoms with Crippen LogP contribution in [0.1, 0.15) is 21.5 Å². The van der Waals surface area contributed by atoms with Crippen molar-refractivity contribution in [3.8, 4) is 11.3 Å². The Kier molecular flexibility index (Phi) is 5.77. The number of carbonyl (C=O) groups is 2. The van der Waals surface area contributed by atoms with Crippen LogP contribution in [0.25, 0.3) is 11.3 Å². The largest absolute Gasteiger partial charge is 0.348 e. The van der Waals surface area contributed by atoms with Crippen LogP contribution in [0.15, 0.2) is 65.5 Å². The van der Waals surface area contributed by atoms with E-state index in [2.05, 4.69) is 25.9 Å². The number of nitrogens with zero attached hydrogens (tertiary/aromatic N) is 2. The van der Waals surface area contributed by atoms with E-state index in [1.165, 1.54) is 0 Å². The molecule has 7 nitrogen and oxygen atoms in total. The van der Waals surface area contributed by atoms with Gasteiger partial charge in [0.15, 0.2) is 0 Å². The molecule has 0 bridgehead atoms. The number of aromatic nitrogens is 2. The van der Waals surface area contributed by atoms with Crippen LogP contribution in [0.2, 0.25) is 5.02 Å². The minimum atomic E-state index is -0.144. The van der Waals surface area contributed by atoms with Gasteiger partial charge in [0.05, 0.1) is 17.8 Å². The van der Waals surface area contributed by atoms with Gasteiger partial charge in [-0.25, -0.2) is 9.97 Å². The Labute approximate surface area is 198 Å². The zero-order valence-corrected chi connectivity index (χ0v) is 18.8. The lowest BCUT2D eigenvalue weighted by molar-refractivity contribution is -0.115. The van der Waals surface area contributed by atoms with Crippen molar-refractivity contribution in [1.82, 2.24) is 15.3 Å². The average molecular weight is 476 g/mol. The van der Waals surface area contributed by atoms with Crippen LogP contribution in [0, 0.1) is 0 Å². The van der Waals surface area contributed by atoms with Crippen LogP contribution >= 0.6 is 22.9 Å². The summed E-state index contributed by atoms with van der Waals surface area (Å²) < 4.78 is 0. The normalized spacial score (nSPS) is 12.2. The van der Waals surface area contributed by atoms with Crippen LogP contribution in [-0.4, -0.2) is 21.8 Å². The molecule has 164 valence electrons. The van der Waals surface area contributed by atoms with Crippen LogP contribution < -0.4 is 16.0 Å². The van der Waals surface area contributed by atoms with E-state index in [1.807, 2.05) is 22.9 Å². The molecule has 33 heavy (non-hydrogen) atoms. The maximum atomic E-state index is 12.4. The highest BCUT2D eigenvalue weighted by atomic mass is 35.5. The predicted molar refractivity (Wildman–Crippen MR) is 130 cm³/mol. The molecule has 2 aromatic carbocycles. The molecule has 0 radical (unpaired) electrons. The molecular formula is C24H18ClN5O2S. The number of anilines is 3. The van der Waals surface area contributed by atoms with Crippen molar-refractivity contribution in [3.05, 3.63) is 87.2 Å². The van der Waals surface area contributed by atoms with Gasteiger partial charge in [0.1, 0.15) is 0 Å². The summed E-state index contributed by atoms with van der Waals surface area (Å²) in [6, 6.07) is 14.4. The molecule has 9 heteroatoms. The number of amides is 2. The second-order valence-corrected chi connectivity index (χ2v) is 8.72. The Hall–Kier alpha value is -3.75. The van der Waals surface area contributed by atoms with E-state index in [9.17, 15) is 9.59 Å². The third-order valence-corrected chi connectivity index (χ3v) is 6.13. The lowest BCUT2D eigenvalue weighted by Gasteiger charge is -2.11. The second-order valence-electron chi connectivity index (χ2n) is 7.50. The summed E-state index contributed by atoms with van der Waals surface area (Å²) in [7, 11) is 0. The van der Waals surface area contributed by atoms with Crippen LogP contribution in [0.5, 0.6) is 0 Å². The molecule has 1 aliphatic rings. The summed E-state index contributed by atoms with van der Waals surface area (Å²) in [4.78, 5) is 33.6. The molecule has 0 saturated carbocycles. The van der Waals surface area contributed by atoms with Crippen molar-refractivity contribution >= 4 is 52.1 Å². The quantitative estimate of drug-likeness (QED) is 0.376. The van der Waals surface area contributed by atoms with Gasteiger partial charge in [0.25, 0.3) is 5.91 Å². The molecule has 0 saturated heterocycles. The number of nitrogens with one attached hydrogen (secondary N) is 3. The molecule has 0 aliphatic carbocycles. The standard InChI is InChI=1S/C24H18ClN5O2S/c25-17-3-6-19-20(10-17)29-21(31)9-16-12-27-24(30-22(16)19)28-18-4-1-15(2-5-18)23(32)26-11-14-7-8-33-13-14/h1-8,10,12-13H,9,11H2,(H,26,32)(H,29,31)(H,27,28,30). The number of rotatable bonds is 5. The number of hydrogen-bond donors (Lipinski definition) is 3. The first-order chi connectivity index (χ1) is 16.0. The number of fused-ring (bicyclic) bond motifs is 3. The fourth-order valence-electron chi connectivity index (χ4n) is 3.54. The van der Waals surface area contributed by atoms with Crippen molar-refractivity contribution in [2.45, 2.75) is 13.0 Å². The molecule has 3 heterocycles. The number of benzene rings is 2. The van der Waals surface area contributed by atoms with Gasteiger partial charge >= 0.3 is 0 Å². The topological polar surface area (TPSA) is 96.0 Å². The van der Waals surface area contributed by atoms with E-state index >= 15 is 0 Å².